The molecule has 2 aromatic carbocycles. The standard InChI is InChI=1S/C24H22ClN3O4S/c25-23-7-1-19(2-8-23)11-18-33(31,32)28-16-14-26(15-17-28)24(29)22-5-3-20(4-6-22)21-9-12-27(30)13-10-21/h1-13,18H,14-17H2/b18-11+. The van der Waals surface area contributed by atoms with Gasteiger partial charge in [0, 0.05) is 54.3 Å². The Labute approximate surface area is 197 Å². The molecule has 1 fully saturated rings. The molecule has 7 nitrogen and oxygen atoms in total. The van der Waals surface area contributed by atoms with Gasteiger partial charge in [-0.3, -0.25) is 4.79 Å². The van der Waals surface area contributed by atoms with E-state index in [-0.39, 0.29) is 19.0 Å². The van der Waals surface area contributed by atoms with Gasteiger partial charge < -0.3 is 10.1 Å². The second-order valence-electron chi connectivity index (χ2n) is 7.61. The lowest BCUT2D eigenvalue weighted by Crippen LogP contribution is -2.50. The van der Waals surface area contributed by atoms with E-state index in [0.717, 1.165) is 16.7 Å². The van der Waals surface area contributed by atoms with E-state index in [1.54, 1.807) is 53.4 Å². The normalized spacial score (nSPS) is 15.1. The number of carbonyl (C=O) groups excluding carboxylic acids is 1. The highest BCUT2D eigenvalue weighted by atomic mass is 35.5. The first-order chi connectivity index (χ1) is 15.8. The molecule has 9 heteroatoms. The molecule has 0 saturated carbocycles. The number of hydrogen-bond acceptors (Lipinski definition) is 4. The summed E-state index contributed by atoms with van der Waals surface area (Å²) in [6.07, 6.45) is 4.38. The highest BCUT2D eigenvalue weighted by molar-refractivity contribution is 7.92. The van der Waals surface area contributed by atoms with Crippen LogP contribution in [0.25, 0.3) is 17.2 Å². The smallest absolute Gasteiger partial charge is 0.253 e. The van der Waals surface area contributed by atoms with Crippen LogP contribution in [0.5, 0.6) is 0 Å². The lowest BCUT2D eigenvalue weighted by atomic mass is 10.0. The number of amides is 1. The van der Waals surface area contributed by atoms with Gasteiger partial charge in [-0.05, 0) is 47.0 Å². The predicted octanol–water partition coefficient (Wildman–Crippen LogP) is 3.40. The van der Waals surface area contributed by atoms with Crippen molar-refractivity contribution in [2.24, 2.45) is 0 Å². The van der Waals surface area contributed by atoms with Gasteiger partial charge in [0.05, 0.1) is 0 Å². The second kappa shape index (κ2) is 9.74. The summed E-state index contributed by atoms with van der Waals surface area (Å²) in [5.41, 5.74) is 3.05. The van der Waals surface area contributed by atoms with E-state index in [0.29, 0.717) is 28.4 Å². The van der Waals surface area contributed by atoms with E-state index in [2.05, 4.69) is 0 Å². The first-order valence-corrected chi connectivity index (χ1v) is 12.2. The van der Waals surface area contributed by atoms with Crippen LogP contribution < -0.4 is 4.73 Å². The maximum absolute atomic E-state index is 12.9. The molecular formula is C24H22ClN3O4S. The fraction of sp³-hybridized carbons (Fsp3) is 0.167. The molecule has 3 aromatic rings. The predicted molar refractivity (Wildman–Crippen MR) is 128 cm³/mol. The first-order valence-electron chi connectivity index (χ1n) is 10.3. The van der Waals surface area contributed by atoms with Gasteiger partial charge in [0.2, 0.25) is 10.0 Å². The minimum atomic E-state index is -3.59. The van der Waals surface area contributed by atoms with Crippen LogP contribution in [0.15, 0.2) is 78.5 Å². The highest BCUT2D eigenvalue weighted by Gasteiger charge is 2.27. The number of halogens is 1. The molecule has 1 amide bonds. The molecule has 0 aliphatic carbocycles. The van der Waals surface area contributed by atoms with Gasteiger partial charge in [0.15, 0.2) is 12.4 Å². The Bertz CT molecular complexity index is 1250. The molecule has 0 atom stereocenters. The summed E-state index contributed by atoms with van der Waals surface area (Å²) >= 11 is 5.85. The summed E-state index contributed by atoms with van der Waals surface area (Å²) < 4.78 is 27.4. The molecule has 1 aromatic heterocycles. The number of carbonyl (C=O) groups is 1. The Kier molecular flexibility index (Phi) is 6.78. The monoisotopic (exact) mass is 483 g/mol. The van der Waals surface area contributed by atoms with E-state index < -0.39 is 10.0 Å². The van der Waals surface area contributed by atoms with Gasteiger partial charge in [-0.1, -0.05) is 35.9 Å². The summed E-state index contributed by atoms with van der Waals surface area (Å²) in [5, 5.41) is 13.0. The summed E-state index contributed by atoms with van der Waals surface area (Å²) in [5.74, 6) is -0.138. The maximum atomic E-state index is 12.9. The number of nitrogens with zero attached hydrogens (tertiary/aromatic N) is 3. The molecule has 4 rings (SSSR count). The lowest BCUT2D eigenvalue weighted by Gasteiger charge is -2.33. The van der Waals surface area contributed by atoms with Crippen molar-refractivity contribution in [1.82, 2.24) is 9.21 Å². The Morgan fingerprint density at radius 3 is 2.06 bits per heavy atom. The quantitative estimate of drug-likeness (QED) is 0.411. The van der Waals surface area contributed by atoms with Gasteiger partial charge in [-0.25, -0.2) is 8.42 Å². The van der Waals surface area contributed by atoms with Gasteiger partial charge in [0.1, 0.15) is 0 Å². The van der Waals surface area contributed by atoms with Crippen molar-refractivity contribution in [2.75, 3.05) is 26.2 Å². The average molecular weight is 484 g/mol. The minimum absolute atomic E-state index is 0.138. The van der Waals surface area contributed by atoms with Gasteiger partial charge >= 0.3 is 0 Å². The molecule has 0 spiro atoms. The van der Waals surface area contributed by atoms with Crippen molar-refractivity contribution in [2.45, 2.75) is 0 Å². The van der Waals surface area contributed by atoms with Crippen molar-refractivity contribution in [3.8, 4) is 11.1 Å². The number of rotatable bonds is 5. The van der Waals surface area contributed by atoms with E-state index in [9.17, 15) is 18.4 Å². The fourth-order valence-corrected chi connectivity index (χ4v) is 4.86. The van der Waals surface area contributed by atoms with Crippen LogP contribution in [0, 0.1) is 5.21 Å². The van der Waals surface area contributed by atoms with Crippen LogP contribution in [-0.2, 0) is 10.0 Å². The Morgan fingerprint density at radius 2 is 1.45 bits per heavy atom. The highest BCUT2D eigenvalue weighted by Crippen LogP contribution is 2.20. The largest absolute Gasteiger partial charge is 0.619 e. The SMILES string of the molecule is O=C(c1ccc(-c2cc[n+]([O-])cc2)cc1)N1CCN(S(=O)(=O)/C=C/c2ccc(Cl)cc2)CC1. The molecule has 0 bridgehead atoms. The lowest BCUT2D eigenvalue weighted by molar-refractivity contribution is -0.605. The zero-order valence-corrected chi connectivity index (χ0v) is 19.2. The van der Waals surface area contributed by atoms with Gasteiger partial charge in [-0.2, -0.15) is 9.04 Å². The van der Waals surface area contributed by atoms with Crippen LogP contribution >= 0.6 is 11.6 Å². The van der Waals surface area contributed by atoms with Crippen LogP contribution in [0.4, 0.5) is 0 Å². The van der Waals surface area contributed by atoms with Crippen LogP contribution in [0.1, 0.15) is 15.9 Å². The number of piperazine rings is 1. The second-order valence-corrected chi connectivity index (χ2v) is 9.87. The Morgan fingerprint density at radius 1 is 0.879 bits per heavy atom. The summed E-state index contributed by atoms with van der Waals surface area (Å²) in [6, 6.07) is 17.5. The topological polar surface area (TPSA) is 84.6 Å². The molecule has 1 saturated heterocycles. The Hall–Kier alpha value is -3.20. The van der Waals surface area contributed by atoms with Crippen LogP contribution in [-0.4, -0.2) is 49.7 Å². The van der Waals surface area contributed by atoms with Crippen molar-refractivity contribution in [1.29, 1.82) is 0 Å². The Balaban J connectivity index is 1.36. The number of hydrogen-bond donors (Lipinski definition) is 0. The zero-order chi connectivity index (χ0) is 23.4. The van der Waals surface area contributed by atoms with Crippen molar-refractivity contribution < 1.29 is 17.9 Å². The number of benzene rings is 2. The van der Waals surface area contributed by atoms with E-state index >= 15 is 0 Å². The van der Waals surface area contributed by atoms with Crippen molar-refractivity contribution in [3.63, 3.8) is 0 Å². The number of aromatic nitrogens is 1. The summed E-state index contributed by atoms with van der Waals surface area (Å²) in [6.45, 7) is 1.10. The molecule has 1 aliphatic heterocycles. The third kappa shape index (κ3) is 5.60. The summed E-state index contributed by atoms with van der Waals surface area (Å²) in [4.78, 5) is 14.5. The van der Waals surface area contributed by atoms with Crippen LogP contribution in [0.2, 0.25) is 5.02 Å². The molecule has 33 heavy (non-hydrogen) atoms. The van der Waals surface area contributed by atoms with E-state index in [1.165, 1.54) is 28.2 Å². The van der Waals surface area contributed by atoms with Crippen molar-refractivity contribution >= 4 is 33.6 Å². The molecule has 0 radical (unpaired) electrons. The molecule has 170 valence electrons. The van der Waals surface area contributed by atoms with Crippen molar-refractivity contribution in [3.05, 3.63) is 99.8 Å². The average Bonchev–Trinajstić information content (AvgIpc) is 2.84. The third-order valence-electron chi connectivity index (χ3n) is 5.46. The molecular weight excluding hydrogens is 462 g/mol. The maximum Gasteiger partial charge on any atom is 0.253 e. The molecule has 0 N–H and O–H groups in total. The zero-order valence-electron chi connectivity index (χ0n) is 17.7. The number of pyridine rings is 1. The van der Waals surface area contributed by atoms with Gasteiger partial charge in [0.25, 0.3) is 5.91 Å². The minimum Gasteiger partial charge on any atom is -0.619 e. The molecule has 0 unspecified atom stereocenters. The first kappa shape index (κ1) is 23.0. The summed E-state index contributed by atoms with van der Waals surface area (Å²) in [7, 11) is -3.59. The molecule has 1 aliphatic rings. The third-order valence-corrected chi connectivity index (χ3v) is 7.27. The molecule has 2 heterocycles. The fourth-order valence-electron chi connectivity index (χ4n) is 3.56. The van der Waals surface area contributed by atoms with E-state index in [1.807, 2.05) is 12.1 Å². The van der Waals surface area contributed by atoms with E-state index in [4.69, 9.17) is 11.6 Å². The van der Waals surface area contributed by atoms with Gasteiger partial charge in [-0.15, -0.1) is 0 Å². The van der Waals surface area contributed by atoms with Crippen LogP contribution in [0.3, 0.4) is 0 Å². The number of sulfonamides is 1.